The van der Waals surface area contributed by atoms with Gasteiger partial charge in [-0.2, -0.15) is 0 Å². The predicted molar refractivity (Wildman–Crippen MR) is 83.1 cm³/mol. The standard InChI is InChI=1S/C18H25NO2/c1-18(2)13-19(17(20)15-8-10-21-11-9-15)12-16(18)14-6-4-3-5-7-14/h3-7,15-16H,8-13H2,1-2H3/t16-/m1/s1. The second-order valence-electron chi connectivity index (χ2n) is 7.06. The maximum absolute atomic E-state index is 12.7. The van der Waals surface area contributed by atoms with E-state index in [1.807, 2.05) is 0 Å². The monoisotopic (exact) mass is 287 g/mol. The first-order valence-corrected chi connectivity index (χ1v) is 7.99. The van der Waals surface area contributed by atoms with Crippen LogP contribution in [0.1, 0.15) is 38.2 Å². The Morgan fingerprint density at radius 2 is 1.86 bits per heavy atom. The van der Waals surface area contributed by atoms with E-state index in [-0.39, 0.29) is 11.3 Å². The van der Waals surface area contributed by atoms with Gasteiger partial charge in [0.2, 0.25) is 5.91 Å². The third kappa shape index (κ3) is 2.98. The number of likely N-dealkylation sites (tertiary alicyclic amines) is 1. The molecule has 21 heavy (non-hydrogen) atoms. The third-order valence-corrected chi connectivity index (χ3v) is 5.03. The Bertz CT molecular complexity index is 491. The van der Waals surface area contributed by atoms with Gasteiger partial charge in [0.1, 0.15) is 0 Å². The minimum Gasteiger partial charge on any atom is -0.381 e. The summed E-state index contributed by atoms with van der Waals surface area (Å²) in [5.74, 6) is 0.941. The Kier molecular flexibility index (Phi) is 4.03. The number of benzene rings is 1. The van der Waals surface area contributed by atoms with E-state index < -0.39 is 0 Å². The first kappa shape index (κ1) is 14.6. The number of hydrogen-bond donors (Lipinski definition) is 0. The number of hydrogen-bond acceptors (Lipinski definition) is 2. The summed E-state index contributed by atoms with van der Waals surface area (Å²) in [7, 11) is 0. The Hall–Kier alpha value is -1.35. The molecule has 1 aromatic rings. The van der Waals surface area contributed by atoms with E-state index in [9.17, 15) is 4.79 Å². The summed E-state index contributed by atoms with van der Waals surface area (Å²) in [6.45, 7) is 7.74. The van der Waals surface area contributed by atoms with Gasteiger partial charge < -0.3 is 9.64 Å². The summed E-state index contributed by atoms with van der Waals surface area (Å²) >= 11 is 0. The van der Waals surface area contributed by atoms with Crippen molar-refractivity contribution >= 4 is 5.91 Å². The summed E-state index contributed by atoms with van der Waals surface area (Å²) in [5, 5.41) is 0. The van der Waals surface area contributed by atoms with Gasteiger partial charge in [0.05, 0.1) is 0 Å². The van der Waals surface area contributed by atoms with Crippen molar-refractivity contribution in [1.29, 1.82) is 0 Å². The molecule has 3 rings (SSSR count). The quantitative estimate of drug-likeness (QED) is 0.836. The first-order valence-electron chi connectivity index (χ1n) is 7.99. The fourth-order valence-corrected chi connectivity index (χ4v) is 3.75. The summed E-state index contributed by atoms with van der Waals surface area (Å²) < 4.78 is 5.37. The van der Waals surface area contributed by atoms with Crippen LogP contribution in [-0.4, -0.2) is 37.1 Å². The molecule has 3 nitrogen and oxygen atoms in total. The van der Waals surface area contributed by atoms with E-state index in [2.05, 4.69) is 49.1 Å². The molecule has 114 valence electrons. The molecule has 0 aromatic heterocycles. The zero-order valence-corrected chi connectivity index (χ0v) is 13.0. The lowest BCUT2D eigenvalue weighted by Gasteiger charge is -2.27. The summed E-state index contributed by atoms with van der Waals surface area (Å²) in [6.07, 6.45) is 1.76. The van der Waals surface area contributed by atoms with Gasteiger partial charge >= 0.3 is 0 Å². The van der Waals surface area contributed by atoms with Crippen LogP contribution in [-0.2, 0) is 9.53 Å². The number of rotatable bonds is 2. The van der Waals surface area contributed by atoms with Crippen LogP contribution in [0.2, 0.25) is 0 Å². The van der Waals surface area contributed by atoms with Crippen molar-refractivity contribution in [3.05, 3.63) is 35.9 Å². The Balaban J connectivity index is 1.74. The molecule has 0 saturated carbocycles. The number of carbonyl (C=O) groups is 1. The average molecular weight is 287 g/mol. The third-order valence-electron chi connectivity index (χ3n) is 5.03. The molecule has 1 amide bonds. The minimum atomic E-state index is 0.141. The molecular formula is C18H25NO2. The molecule has 1 aromatic carbocycles. The van der Waals surface area contributed by atoms with Gasteiger partial charge in [-0.1, -0.05) is 44.2 Å². The normalized spacial score (nSPS) is 26.0. The average Bonchev–Trinajstić information content (AvgIpc) is 2.84. The van der Waals surface area contributed by atoms with Crippen LogP contribution >= 0.6 is 0 Å². The number of amides is 1. The molecular weight excluding hydrogens is 262 g/mol. The lowest BCUT2D eigenvalue weighted by Crippen LogP contribution is -2.37. The highest BCUT2D eigenvalue weighted by molar-refractivity contribution is 5.79. The summed E-state index contributed by atoms with van der Waals surface area (Å²) in [6, 6.07) is 10.6. The molecule has 2 aliphatic rings. The van der Waals surface area contributed by atoms with Crippen molar-refractivity contribution in [2.45, 2.75) is 32.6 Å². The second-order valence-corrected chi connectivity index (χ2v) is 7.06. The SMILES string of the molecule is CC1(C)CN(C(=O)C2CCOCC2)C[C@@H]1c1ccccc1. The topological polar surface area (TPSA) is 29.5 Å². The van der Waals surface area contributed by atoms with E-state index in [1.54, 1.807) is 0 Å². The van der Waals surface area contributed by atoms with Crippen molar-refractivity contribution < 1.29 is 9.53 Å². The van der Waals surface area contributed by atoms with E-state index in [0.717, 1.165) is 39.1 Å². The van der Waals surface area contributed by atoms with Gasteiger partial charge in [-0.15, -0.1) is 0 Å². The maximum atomic E-state index is 12.7. The van der Waals surface area contributed by atoms with Crippen LogP contribution in [0.4, 0.5) is 0 Å². The molecule has 0 N–H and O–H groups in total. The molecule has 2 fully saturated rings. The van der Waals surface area contributed by atoms with Gasteiger partial charge in [-0.3, -0.25) is 4.79 Å². The van der Waals surface area contributed by atoms with E-state index in [4.69, 9.17) is 4.74 Å². The van der Waals surface area contributed by atoms with Crippen molar-refractivity contribution in [1.82, 2.24) is 4.90 Å². The van der Waals surface area contributed by atoms with E-state index in [0.29, 0.717) is 11.8 Å². The number of carbonyl (C=O) groups excluding carboxylic acids is 1. The van der Waals surface area contributed by atoms with Crippen LogP contribution in [0.3, 0.4) is 0 Å². The highest BCUT2D eigenvalue weighted by Gasteiger charge is 2.43. The predicted octanol–water partition coefficient (Wildman–Crippen LogP) is 3.07. The number of nitrogens with zero attached hydrogens (tertiary/aromatic N) is 1. The fourth-order valence-electron chi connectivity index (χ4n) is 3.75. The summed E-state index contributed by atoms with van der Waals surface area (Å²) in [4.78, 5) is 14.8. The fraction of sp³-hybridized carbons (Fsp3) is 0.611. The largest absolute Gasteiger partial charge is 0.381 e. The first-order chi connectivity index (χ1) is 10.1. The Morgan fingerprint density at radius 1 is 1.19 bits per heavy atom. The lowest BCUT2D eigenvalue weighted by atomic mass is 9.78. The zero-order chi connectivity index (χ0) is 14.9. The maximum Gasteiger partial charge on any atom is 0.225 e. The van der Waals surface area contributed by atoms with Crippen LogP contribution in [0.5, 0.6) is 0 Å². The van der Waals surface area contributed by atoms with Gasteiger partial charge in [-0.25, -0.2) is 0 Å². The second kappa shape index (κ2) is 5.80. The Morgan fingerprint density at radius 3 is 2.52 bits per heavy atom. The van der Waals surface area contributed by atoms with E-state index in [1.165, 1.54) is 5.56 Å². The molecule has 2 heterocycles. The van der Waals surface area contributed by atoms with Gasteiger partial charge in [0.25, 0.3) is 0 Å². The van der Waals surface area contributed by atoms with Crippen molar-refractivity contribution in [3.63, 3.8) is 0 Å². The molecule has 0 bridgehead atoms. The number of ether oxygens (including phenoxy) is 1. The molecule has 2 saturated heterocycles. The summed E-state index contributed by atoms with van der Waals surface area (Å²) in [5.41, 5.74) is 1.49. The molecule has 0 spiro atoms. The Labute approximate surface area is 127 Å². The van der Waals surface area contributed by atoms with Gasteiger partial charge in [-0.05, 0) is 23.8 Å². The zero-order valence-electron chi connectivity index (χ0n) is 13.0. The molecule has 3 heteroatoms. The highest BCUT2D eigenvalue weighted by atomic mass is 16.5. The van der Waals surface area contributed by atoms with Crippen LogP contribution in [0.25, 0.3) is 0 Å². The smallest absolute Gasteiger partial charge is 0.225 e. The molecule has 0 radical (unpaired) electrons. The van der Waals surface area contributed by atoms with Crippen LogP contribution < -0.4 is 0 Å². The highest BCUT2D eigenvalue weighted by Crippen LogP contribution is 2.42. The van der Waals surface area contributed by atoms with Crippen molar-refractivity contribution in [3.8, 4) is 0 Å². The van der Waals surface area contributed by atoms with Gasteiger partial charge in [0.15, 0.2) is 0 Å². The van der Waals surface area contributed by atoms with Crippen LogP contribution in [0, 0.1) is 11.3 Å². The van der Waals surface area contributed by atoms with Crippen molar-refractivity contribution in [2.75, 3.05) is 26.3 Å². The lowest BCUT2D eigenvalue weighted by molar-refractivity contribution is -0.137. The van der Waals surface area contributed by atoms with Crippen molar-refractivity contribution in [2.24, 2.45) is 11.3 Å². The molecule has 2 aliphatic heterocycles. The molecule has 0 aliphatic carbocycles. The van der Waals surface area contributed by atoms with Gasteiger partial charge in [0, 0.05) is 38.1 Å². The van der Waals surface area contributed by atoms with E-state index >= 15 is 0 Å². The molecule has 1 atom stereocenters. The van der Waals surface area contributed by atoms with Crippen LogP contribution in [0.15, 0.2) is 30.3 Å². The molecule has 0 unspecified atom stereocenters. The minimum absolute atomic E-state index is 0.141.